The van der Waals surface area contributed by atoms with E-state index < -0.39 is 0 Å². The van der Waals surface area contributed by atoms with Crippen molar-refractivity contribution >= 4 is 6.03 Å². The van der Waals surface area contributed by atoms with E-state index in [-0.39, 0.29) is 30.1 Å². The summed E-state index contributed by atoms with van der Waals surface area (Å²) < 4.78 is 12.9. The summed E-state index contributed by atoms with van der Waals surface area (Å²) in [6, 6.07) is -0.348. The molecule has 0 unspecified atom stereocenters. The van der Waals surface area contributed by atoms with Crippen molar-refractivity contribution in [2.45, 2.75) is 51.3 Å². The molecule has 3 rings (SSSR count). The number of nitrogens with one attached hydrogen (secondary N) is 2. The molecule has 1 fully saturated rings. The Morgan fingerprint density at radius 1 is 1.44 bits per heavy atom. The number of hydrogen-bond donors (Lipinski definition) is 2. The first-order valence-electron chi connectivity index (χ1n) is 8.42. The van der Waals surface area contributed by atoms with E-state index >= 15 is 0 Å². The summed E-state index contributed by atoms with van der Waals surface area (Å²) in [6.07, 6.45) is 5.90. The van der Waals surface area contributed by atoms with Gasteiger partial charge in [-0.05, 0) is 6.42 Å². The van der Waals surface area contributed by atoms with Crippen LogP contribution >= 0.6 is 0 Å². The van der Waals surface area contributed by atoms with Crippen LogP contribution in [0.5, 0.6) is 0 Å². The minimum Gasteiger partial charge on any atom is -0.447 e. The largest absolute Gasteiger partial charge is 0.447 e. The van der Waals surface area contributed by atoms with Crippen LogP contribution in [0, 0.1) is 0 Å². The van der Waals surface area contributed by atoms with Crippen LogP contribution in [-0.4, -0.2) is 33.4 Å². The summed E-state index contributed by atoms with van der Waals surface area (Å²) in [5, 5.41) is 9.91. The maximum absolute atomic E-state index is 12.2. The van der Waals surface area contributed by atoms with Gasteiger partial charge in [-0.25, -0.2) is 9.78 Å². The van der Waals surface area contributed by atoms with E-state index in [4.69, 9.17) is 9.15 Å². The molecule has 25 heavy (non-hydrogen) atoms. The number of nitrogens with zero attached hydrogens (tertiary/aromatic N) is 3. The SMILES string of the molecule is Cn1cc([C@@H]2OCC[C@H]2NC(=O)NCc2nc(C(C)(C)C)co2)cn1. The number of carbonyl (C=O) groups excluding carboxylic acids is 1. The van der Waals surface area contributed by atoms with Crippen LogP contribution in [-0.2, 0) is 23.7 Å². The zero-order valence-electron chi connectivity index (χ0n) is 15.1. The molecule has 2 atom stereocenters. The van der Waals surface area contributed by atoms with Gasteiger partial charge in [-0.3, -0.25) is 4.68 Å². The van der Waals surface area contributed by atoms with Gasteiger partial charge in [-0.15, -0.1) is 0 Å². The highest BCUT2D eigenvalue weighted by Crippen LogP contribution is 2.28. The molecule has 0 radical (unpaired) electrons. The van der Waals surface area contributed by atoms with E-state index in [9.17, 15) is 4.79 Å². The second-order valence-electron chi connectivity index (χ2n) is 7.34. The predicted octanol–water partition coefficient (Wildman–Crippen LogP) is 2.04. The number of aromatic nitrogens is 3. The Kier molecular flexibility index (Phi) is 4.80. The number of aryl methyl sites for hydroxylation is 1. The minimum absolute atomic E-state index is 0.0812. The van der Waals surface area contributed by atoms with Crippen molar-refractivity contribution in [3.05, 3.63) is 35.8 Å². The van der Waals surface area contributed by atoms with E-state index in [2.05, 4.69) is 41.5 Å². The average Bonchev–Trinajstić information content (AvgIpc) is 3.24. The highest BCUT2D eigenvalue weighted by Gasteiger charge is 2.31. The first-order valence-corrected chi connectivity index (χ1v) is 8.42. The van der Waals surface area contributed by atoms with Gasteiger partial charge < -0.3 is 19.8 Å². The van der Waals surface area contributed by atoms with E-state index in [0.717, 1.165) is 17.7 Å². The lowest BCUT2D eigenvalue weighted by Gasteiger charge is -2.18. The normalized spacial score (nSPS) is 20.6. The second kappa shape index (κ2) is 6.87. The Hall–Kier alpha value is -2.35. The van der Waals surface area contributed by atoms with Crippen molar-refractivity contribution in [3.8, 4) is 0 Å². The minimum atomic E-state index is -0.264. The topological polar surface area (TPSA) is 94.2 Å². The zero-order valence-corrected chi connectivity index (χ0v) is 15.1. The monoisotopic (exact) mass is 347 g/mol. The van der Waals surface area contributed by atoms with E-state index in [1.54, 1.807) is 17.1 Å². The number of amides is 2. The second-order valence-corrected chi connectivity index (χ2v) is 7.34. The molecule has 0 aromatic carbocycles. The molecule has 0 spiro atoms. The fourth-order valence-electron chi connectivity index (χ4n) is 2.76. The standard InChI is InChI=1S/C17H25N5O3/c1-17(2,3)13-10-25-14(21-13)8-18-16(23)20-12-5-6-24-15(12)11-7-19-22(4)9-11/h7,9-10,12,15H,5-6,8H2,1-4H3,(H2,18,20,23)/t12-,15+/m1/s1. The lowest BCUT2D eigenvalue weighted by molar-refractivity contribution is 0.0998. The van der Waals surface area contributed by atoms with Gasteiger partial charge >= 0.3 is 6.03 Å². The van der Waals surface area contributed by atoms with Crippen LogP contribution in [0.4, 0.5) is 4.79 Å². The molecule has 8 nitrogen and oxygen atoms in total. The van der Waals surface area contributed by atoms with Gasteiger partial charge in [0.05, 0.1) is 24.5 Å². The number of rotatable bonds is 4. The molecule has 2 aromatic heterocycles. The molecule has 2 N–H and O–H groups in total. The van der Waals surface area contributed by atoms with Crippen LogP contribution < -0.4 is 10.6 Å². The third kappa shape index (κ3) is 4.19. The van der Waals surface area contributed by atoms with Crippen molar-refractivity contribution in [2.75, 3.05) is 6.61 Å². The predicted molar refractivity (Wildman–Crippen MR) is 90.9 cm³/mol. The summed E-state index contributed by atoms with van der Waals surface area (Å²) in [6.45, 7) is 7.04. The number of oxazole rings is 1. The summed E-state index contributed by atoms with van der Waals surface area (Å²) in [7, 11) is 1.86. The number of urea groups is 1. The summed E-state index contributed by atoms with van der Waals surface area (Å²) in [4.78, 5) is 16.6. The van der Waals surface area contributed by atoms with Crippen molar-refractivity contribution in [2.24, 2.45) is 7.05 Å². The van der Waals surface area contributed by atoms with E-state index in [1.807, 2.05) is 13.2 Å². The lowest BCUT2D eigenvalue weighted by Crippen LogP contribution is -2.43. The molecule has 0 saturated carbocycles. The molecule has 2 amide bonds. The van der Waals surface area contributed by atoms with E-state index in [0.29, 0.717) is 12.5 Å². The Labute approximate surface area is 146 Å². The highest BCUT2D eigenvalue weighted by atomic mass is 16.5. The Morgan fingerprint density at radius 2 is 2.24 bits per heavy atom. The fraction of sp³-hybridized carbons (Fsp3) is 0.588. The molecular formula is C17H25N5O3. The quantitative estimate of drug-likeness (QED) is 0.882. The van der Waals surface area contributed by atoms with Crippen LogP contribution in [0.1, 0.15) is 50.4 Å². The fourth-order valence-corrected chi connectivity index (χ4v) is 2.76. The van der Waals surface area contributed by atoms with Crippen molar-refractivity contribution in [1.82, 2.24) is 25.4 Å². The number of carbonyl (C=O) groups is 1. The highest BCUT2D eigenvalue weighted by molar-refractivity contribution is 5.74. The molecule has 1 aliphatic rings. The molecule has 1 saturated heterocycles. The Balaban J connectivity index is 1.53. The van der Waals surface area contributed by atoms with Gasteiger partial charge in [0.2, 0.25) is 5.89 Å². The first kappa shape index (κ1) is 17.5. The van der Waals surface area contributed by atoms with E-state index in [1.165, 1.54) is 0 Å². The molecule has 0 aliphatic carbocycles. The smallest absolute Gasteiger partial charge is 0.315 e. The molecular weight excluding hydrogens is 322 g/mol. The maximum atomic E-state index is 12.2. The number of ether oxygens (including phenoxy) is 1. The van der Waals surface area contributed by atoms with Gasteiger partial charge in [0.1, 0.15) is 12.4 Å². The summed E-state index contributed by atoms with van der Waals surface area (Å²) >= 11 is 0. The van der Waals surface area contributed by atoms with Crippen LogP contribution in [0.25, 0.3) is 0 Å². The molecule has 2 aromatic rings. The lowest BCUT2D eigenvalue weighted by atomic mass is 9.93. The first-order chi connectivity index (χ1) is 11.8. The average molecular weight is 347 g/mol. The van der Waals surface area contributed by atoms with Crippen LogP contribution in [0.15, 0.2) is 23.1 Å². The van der Waals surface area contributed by atoms with Gasteiger partial charge in [-0.2, -0.15) is 5.10 Å². The van der Waals surface area contributed by atoms with Crippen LogP contribution in [0.3, 0.4) is 0 Å². The maximum Gasteiger partial charge on any atom is 0.315 e. The Bertz CT molecular complexity index is 731. The molecule has 1 aliphatic heterocycles. The number of hydrogen-bond acceptors (Lipinski definition) is 5. The van der Waals surface area contributed by atoms with Crippen molar-refractivity contribution in [1.29, 1.82) is 0 Å². The Morgan fingerprint density at radius 3 is 2.88 bits per heavy atom. The third-order valence-electron chi connectivity index (χ3n) is 4.18. The molecule has 136 valence electrons. The third-order valence-corrected chi connectivity index (χ3v) is 4.18. The van der Waals surface area contributed by atoms with Gasteiger partial charge in [0, 0.05) is 30.8 Å². The summed E-state index contributed by atoms with van der Waals surface area (Å²) in [5.74, 6) is 0.492. The zero-order chi connectivity index (χ0) is 18.0. The molecule has 8 heteroatoms. The van der Waals surface area contributed by atoms with Gasteiger partial charge in [0.25, 0.3) is 0 Å². The van der Waals surface area contributed by atoms with Crippen molar-refractivity contribution < 1.29 is 13.9 Å². The van der Waals surface area contributed by atoms with Gasteiger partial charge in [0.15, 0.2) is 0 Å². The van der Waals surface area contributed by atoms with Gasteiger partial charge in [-0.1, -0.05) is 20.8 Å². The molecule has 0 bridgehead atoms. The van der Waals surface area contributed by atoms with Crippen molar-refractivity contribution in [3.63, 3.8) is 0 Å². The summed E-state index contributed by atoms with van der Waals surface area (Å²) in [5.41, 5.74) is 1.75. The van der Waals surface area contributed by atoms with Crippen LogP contribution in [0.2, 0.25) is 0 Å². The molecule has 3 heterocycles.